The Kier molecular flexibility index (Phi) is 4.17. The monoisotopic (exact) mass is 338 g/mol. The Morgan fingerprint density at radius 2 is 2.05 bits per heavy atom. The van der Waals surface area contributed by atoms with Gasteiger partial charge >= 0.3 is 5.97 Å². The molecule has 1 atom stereocenters. The van der Waals surface area contributed by atoms with Crippen molar-refractivity contribution in [2.75, 3.05) is 0 Å². The van der Waals surface area contributed by atoms with Crippen molar-refractivity contribution in [1.82, 2.24) is 0 Å². The van der Waals surface area contributed by atoms with Crippen LogP contribution < -0.4 is 0 Å². The second-order valence-electron chi connectivity index (χ2n) is 4.14. The van der Waals surface area contributed by atoms with Gasteiger partial charge in [-0.05, 0) is 40.5 Å². The summed E-state index contributed by atoms with van der Waals surface area (Å²) in [6, 6.07) is 8.55. The van der Waals surface area contributed by atoms with Gasteiger partial charge in [0.15, 0.2) is 0 Å². The summed E-state index contributed by atoms with van der Waals surface area (Å²) in [7, 11) is 0. The number of hydrogen-bond acceptors (Lipinski definition) is 3. The molecule has 1 aromatic carbocycles. The predicted octanol–water partition coefficient (Wildman–Crippen LogP) is 3.93. The van der Waals surface area contributed by atoms with Gasteiger partial charge in [-0.2, -0.15) is 0 Å². The molecule has 2 aromatic rings. The highest BCUT2D eigenvalue weighted by molar-refractivity contribution is 9.10. The van der Waals surface area contributed by atoms with Gasteiger partial charge in [0.1, 0.15) is 0 Å². The SMILES string of the molecule is CC(C(=O)O)c1cccc(C(=O)c2cc(Br)cs2)c1. The van der Waals surface area contributed by atoms with Crippen molar-refractivity contribution in [2.24, 2.45) is 0 Å². The van der Waals surface area contributed by atoms with Crippen LogP contribution in [-0.4, -0.2) is 16.9 Å². The van der Waals surface area contributed by atoms with E-state index in [4.69, 9.17) is 5.11 Å². The van der Waals surface area contributed by atoms with Crippen molar-refractivity contribution in [2.45, 2.75) is 12.8 Å². The van der Waals surface area contributed by atoms with Gasteiger partial charge in [-0.3, -0.25) is 9.59 Å². The van der Waals surface area contributed by atoms with Crippen molar-refractivity contribution in [3.05, 3.63) is 56.2 Å². The fraction of sp³-hybridized carbons (Fsp3) is 0.143. The van der Waals surface area contributed by atoms with Gasteiger partial charge in [0.25, 0.3) is 0 Å². The molecule has 0 aliphatic rings. The van der Waals surface area contributed by atoms with E-state index in [2.05, 4.69) is 15.9 Å². The highest BCUT2D eigenvalue weighted by atomic mass is 79.9. The Hall–Kier alpha value is -1.46. The first kappa shape index (κ1) is 14.0. The van der Waals surface area contributed by atoms with Gasteiger partial charge < -0.3 is 5.11 Å². The van der Waals surface area contributed by atoms with Crippen molar-refractivity contribution < 1.29 is 14.7 Å². The fourth-order valence-corrected chi connectivity index (χ4v) is 3.05. The molecule has 0 fully saturated rings. The number of rotatable bonds is 4. The van der Waals surface area contributed by atoms with Crippen LogP contribution in [0.1, 0.15) is 33.6 Å². The summed E-state index contributed by atoms with van der Waals surface area (Å²) in [5.41, 5.74) is 1.15. The molecular weight excluding hydrogens is 328 g/mol. The molecule has 0 amide bonds. The fourth-order valence-electron chi connectivity index (χ4n) is 1.67. The lowest BCUT2D eigenvalue weighted by Gasteiger charge is -2.07. The molecule has 0 saturated carbocycles. The maximum atomic E-state index is 12.2. The Balaban J connectivity index is 2.33. The lowest BCUT2D eigenvalue weighted by atomic mass is 9.97. The summed E-state index contributed by atoms with van der Waals surface area (Å²) >= 11 is 4.67. The van der Waals surface area contributed by atoms with Gasteiger partial charge in [-0.25, -0.2) is 0 Å². The summed E-state index contributed by atoms with van der Waals surface area (Å²) in [6.45, 7) is 1.60. The number of aliphatic carboxylic acids is 1. The minimum atomic E-state index is -0.900. The lowest BCUT2D eigenvalue weighted by molar-refractivity contribution is -0.138. The molecule has 98 valence electrons. The van der Waals surface area contributed by atoms with Crippen LogP contribution in [0.5, 0.6) is 0 Å². The molecule has 0 saturated heterocycles. The molecule has 1 heterocycles. The highest BCUT2D eigenvalue weighted by Crippen LogP contribution is 2.24. The Morgan fingerprint density at radius 3 is 2.63 bits per heavy atom. The minimum Gasteiger partial charge on any atom is -0.481 e. The second-order valence-corrected chi connectivity index (χ2v) is 5.97. The number of carbonyl (C=O) groups excluding carboxylic acids is 1. The normalized spacial score (nSPS) is 12.1. The molecule has 1 aromatic heterocycles. The molecule has 0 spiro atoms. The van der Waals surface area contributed by atoms with Crippen LogP contribution in [-0.2, 0) is 4.79 Å². The van der Waals surface area contributed by atoms with E-state index in [1.54, 1.807) is 37.3 Å². The molecule has 1 unspecified atom stereocenters. The first-order valence-corrected chi connectivity index (χ1v) is 7.28. The molecule has 0 aliphatic heterocycles. The van der Waals surface area contributed by atoms with Crippen LogP contribution >= 0.6 is 27.3 Å². The van der Waals surface area contributed by atoms with Crippen LogP contribution in [0.3, 0.4) is 0 Å². The quantitative estimate of drug-likeness (QED) is 0.859. The van der Waals surface area contributed by atoms with Crippen LogP contribution in [0, 0.1) is 0 Å². The average Bonchev–Trinajstić information content (AvgIpc) is 2.83. The summed E-state index contributed by atoms with van der Waals surface area (Å²) < 4.78 is 0.871. The summed E-state index contributed by atoms with van der Waals surface area (Å²) in [6.07, 6.45) is 0. The highest BCUT2D eigenvalue weighted by Gasteiger charge is 2.17. The molecule has 0 aliphatic carbocycles. The van der Waals surface area contributed by atoms with E-state index < -0.39 is 11.9 Å². The van der Waals surface area contributed by atoms with Gasteiger partial charge in [0, 0.05) is 15.4 Å². The number of carboxylic acids is 1. The Labute approximate surface area is 123 Å². The van der Waals surface area contributed by atoms with E-state index in [-0.39, 0.29) is 5.78 Å². The van der Waals surface area contributed by atoms with Gasteiger partial charge in [-0.1, -0.05) is 18.2 Å². The Bertz CT molecular complexity index is 633. The maximum Gasteiger partial charge on any atom is 0.310 e. The largest absolute Gasteiger partial charge is 0.481 e. The van der Waals surface area contributed by atoms with Crippen LogP contribution in [0.15, 0.2) is 40.2 Å². The zero-order valence-electron chi connectivity index (χ0n) is 10.1. The van der Waals surface area contributed by atoms with E-state index in [9.17, 15) is 9.59 Å². The molecule has 0 bridgehead atoms. The number of halogens is 1. The third kappa shape index (κ3) is 3.11. The number of thiophene rings is 1. The van der Waals surface area contributed by atoms with Crippen LogP contribution in [0.25, 0.3) is 0 Å². The van der Waals surface area contributed by atoms with Crippen molar-refractivity contribution in [3.8, 4) is 0 Å². The Morgan fingerprint density at radius 1 is 1.32 bits per heavy atom. The molecule has 3 nitrogen and oxygen atoms in total. The molecule has 1 N–H and O–H groups in total. The summed E-state index contributed by atoms with van der Waals surface area (Å²) in [5, 5.41) is 10.8. The van der Waals surface area contributed by atoms with Crippen LogP contribution in [0.4, 0.5) is 0 Å². The first-order chi connectivity index (χ1) is 8.99. The topological polar surface area (TPSA) is 54.4 Å². The predicted molar refractivity (Wildman–Crippen MR) is 77.9 cm³/mol. The molecule has 5 heteroatoms. The van der Waals surface area contributed by atoms with E-state index in [0.29, 0.717) is 16.0 Å². The molecular formula is C14H11BrO3S. The number of ketones is 1. The second kappa shape index (κ2) is 5.67. The number of carboxylic acid groups (broad SMARTS) is 1. The first-order valence-electron chi connectivity index (χ1n) is 5.60. The van der Waals surface area contributed by atoms with Gasteiger partial charge in [-0.15, -0.1) is 11.3 Å². The van der Waals surface area contributed by atoms with Gasteiger partial charge in [0.05, 0.1) is 10.8 Å². The van der Waals surface area contributed by atoms with Gasteiger partial charge in [0.2, 0.25) is 5.78 Å². The third-order valence-electron chi connectivity index (χ3n) is 2.81. The zero-order chi connectivity index (χ0) is 14.0. The molecule has 0 radical (unpaired) electrons. The third-order valence-corrected chi connectivity index (χ3v) is 4.50. The van der Waals surface area contributed by atoms with Crippen molar-refractivity contribution >= 4 is 39.0 Å². The average molecular weight is 339 g/mol. The zero-order valence-corrected chi connectivity index (χ0v) is 12.5. The molecule has 19 heavy (non-hydrogen) atoms. The minimum absolute atomic E-state index is 0.0878. The van der Waals surface area contributed by atoms with E-state index >= 15 is 0 Å². The smallest absolute Gasteiger partial charge is 0.310 e. The standard InChI is InChI=1S/C14H11BrO3S/c1-8(14(17)18)9-3-2-4-10(5-9)13(16)12-6-11(15)7-19-12/h2-8H,1H3,(H,17,18). The molecule has 2 rings (SSSR count). The van der Waals surface area contributed by atoms with Crippen molar-refractivity contribution in [3.63, 3.8) is 0 Å². The van der Waals surface area contributed by atoms with E-state index in [0.717, 1.165) is 4.47 Å². The maximum absolute atomic E-state index is 12.2. The number of benzene rings is 1. The van der Waals surface area contributed by atoms with E-state index in [1.165, 1.54) is 11.3 Å². The summed E-state index contributed by atoms with van der Waals surface area (Å²) in [5.74, 6) is -1.61. The number of carbonyl (C=O) groups is 2. The van der Waals surface area contributed by atoms with E-state index in [1.807, 2.05) is 5.38 Å². The van der Waals surface area contributed by atoms with Crippen molar-refractivity contribution in [1.29, 1.82) is 0 Å². The van der Waals surface area contributed by atoms with Crippen LogP contribution in [0.2, 0.25) is 0 Å². The summed E-state index contributed by atoms with van der Waals surface area (Å²) in [4.78, 5) is 23.8. The lowest BCUT2D eigenvalue weighted by Crippen LogP contribution is -2.08. The number of hydrogen-bond donors (Lipinski definition) is 1.